The van der Waals surface area contributed by atoms with Gasteiger partial charge < -0.3 is 9.64 Å². The van der Waals surface area contributed by atoms with Gasteiger partial charge in [0.2, 0.25) is 0 Å². The molecule has 0 unspecified atom stereocenters. The second-order valence-corrected chi connectivity index (χ2v) is 4.08. The van der Waals surface area contributed by atoms with E-state index in [2.05, 4.69) is 4.74 Å². The van der Waals surface area contributed by atoms with Gasteiger partial charge in [-0.2, -0.15) is 0 Å². The normalized spacial score (nSPS) is 15.8. The Kier molecular flexibility index (Phi) is 3.45. The molecule has 1 fully saturated rings. The fourth-order valence-corrected chi connectivity index (χ4v) is 2.01. The fraction of sp³-hybridized carbons (Fsp3) is 0.417. The zero-order valence-corrected chi connectivity index (χ0v) is 9.54. The maximum absolute atomic E-state index is 12.2. The van der Waals surface area contributed by atoms with Crippen LogP contribution in [-0.4, -0.2) is 25.7 Å². The number of alkyl halides is 3. The fourth-order valence-electron chi connectivity index (χ4n) is 2.01. The van der Waals surface area contributed by atoms with Crippen molar-refractivity contribution in [2.45, 2.75) is 19.2 Å². The summed E-state index contributed by atoms with van der Waals surface area (Å²) in [5, 5.41) is 0. The first-order valence-electron chi connectivity index (χ1n) is 5.59. The summed E-state index contributed by atoms with van der Waals surface area (Å²) in [6.45, 7) is 1.62. The highest BCUT2D eigenvalue weighted by atomic mass is 19.4. The monoisotopic (exact) mass is 259 g/mol. The van der Waals surface area contributed by atoms with Crippen LogP contribution in [0.5, 0.6) is 5.75 Å². The molecule has 1 saturated heterocycles. The van der Waals surface area contributed by atoms with Crippen molar-refractivity contribution in [2.75, 3.05) is 18.0 Å². The molecule has 1 heterocycles. The summed E-state index contributed by atoms with van der Waals surface area (Å²) in [6.07, 6.45) is -2.40. The van der Waals surface area contributed by atoms with Crippen LogP contribution < -0.4 is 9.64 Å². The molecule has 0 aromatic heterocycles. The lowest BCUT2D eigenvalue weighted by Gasteiger charge is -2.19. The van der Waals surface area contributed by atoms with Gasteiger partial charge in [0.25, 0.3) is 0 Å². The average molecular weight is 259 g/mol. The number of hydrogen-bond acceptors (Lipinski definition) is 3. The lowest BCUT2D eigenvalue weighted by atomic mass is 10.2. The van der Waals surface area contributed by atoms with Crippen molar-refractivity contribution in [1.82, 2.24) is 0 Å². The second kappa shape index (κ2) is 4.88. The third-order valence-corrected chi connectivity index (χ3v) is 2.82. The van der Waals surface area contributed by atoms with Crippen molar-refractivity contribution in [3.05, 3.63) is 23.8 Å². The minimum atomic E-state index is -4.79. The Labute approximate surface area is 102 Å². The number of benzene rings is 1. The second-order valence-electron chi connectivity index (χ2n) is 4.08. The minimum Gasteiger partial charge on any atom is -0.405 e. The number of anilines is 1. The summed E-state index contributed by atoms with van der Waals surface area (Å²) in [4.78, 5) is 12.7. The van der Waals surface area contributed by atoms with E-state index < -0.39 is 12.1 Å². The van der Waals surface area contributed by atoms with Crippen LogP contribution in [0.15, 0.2) is 18.2 Å². The van der Waals surface area contributed by atoms with E-state index >= 15 is 0 Å². The predicted octanol–water partition coefficient (Wildman–Crippen LogP) is 3.00. The Balaban J connectivity index is 2.29. The lowest BCUT2D eigenvalue weighted by molar-refractivity contribution is -0.274. The standard InChI is InChI=1S/C12H12F3NO2/c13-12(14,15)18-11-7-10(4-3-9(11)8-17)16-5-1-2-6-16/h3-4,7-8H,1-2,5-6H2. The Bertz CT molecular complexity index is 439. The number of hydrogen-bond donors (Lipinski definition) is 0. The van der Waals surface area contributed by atoms with E-state index in [1.54, 1.807) is 6.07 Å². The summed E-state index contributed by atoms with van der Waals surface area (Å²) in [5.74, 6) is -0.443. The summed E-state index contributed by atoms with van der Waals surface area (Å²) in [7, 11) is 0. The van der Waals surface area contributed by atoms with E-state index in [0.717, 1.165) is 25.9 Å². The minimum absolute atomic E-state index is 0.102. The van der Waals surface area contributed by atoms with Crippen molar-refractivity contribution in [3.8, 4) is 5.75 Å². The van der Waals surface area contributed by atoms with Gasteiger partial charge in [-0.05, 0) is 25.0 Å². The third-order valence-electron chi connectivity index (χ3n) is 2.82. The van der Waals surface area contributed by atoms with Crippen LogP contribution in [0.3, 0.4) is 0 Å². The van der Waals surface area contributed by atoms with Crippen LogP contribution in [0.4, 0.5) is 18.9 Å². The topological polar surface area (TPSA) is 29.5 Å². The van der Waals surface area contributed by atoms with Crippen LogP contribution in [0, 0.1) is 0 Å². The van der Waals surface area contributed by atoms with Gasteiger partial charge in [0.1, 0.15) is 5.75 Å². The molecule has 1 aromatic carbocycles. The molecule has 98 valence electrons. The van der Waals surface area contributed by atoms with Crippen molar-refractivity contribution < 1.29 is 22.7 Å². The van der Waals surface area contributed by atoms with Crippen molar-refractivity contribution in [3.63, 3.8) is 0 Å². The Morgan fingerprint density at radius 2 is 1.89 bits per heavy atom. The molecule has 2 rings (SSSR count). The van der Waals surface area contributed by atoms with E-state index in [4.69, 9.17) is 0 Å². The SMILES string of the molecule is O=Cc1ccc(N2CCCC2)cc1OC(F)(F)F. The van der Waals surface area contributed by atoms with Crippen molar-refractivity contribution >= 4 is 12.0 Å². The maximum atomic E-state index is 12.2. The van der Waals surface area contributed by atoms with Crippen LogP contribution in [0.1, 0.15) is 23.2 Å². The number of carbonyl (C=O) groups is 1. The van der Waals surface area contributed by atoms with Gasteiger partial charge in [-0.3, -0.25) is 4.79 Å². The molecule has 18 heavy (non-hydrogen) atoms. The molecule has 0 bridgehead atoms. The van der Waals surface area contributed by atoms with Gasteiger partial charge >= 0.3 is 6.36 Å². The summed E-state index contributed by atoms with van der Waals surface area (Å²) in [6, 6.07) is 4.25. The van der Waals surface area contributed by atoms with Gasteiger partial charge in [0.15, 0.2) is 6.29 Å². The molecular weight excluding hydrogens is 247 g/mol. The quantitative estimate of drug-likeness (QED) is 0.781. The molecule has 0 atom stereocenters. The highest BCUT2D eigenvalue weighted by Gasteiger charge is 2.32. The smallest absolute Gasteiger partial charge is 0.405 e. The largest absolute Gasteiger partial charge is 0.573 e. The van der Waals surface area contributed by atoms with Crippen LogP contribution >= 0.6 is 0 Å². The van der Waals surface area contributed by atoms with E-state index in [1.807, 2.05) is 4.90 Å². The van der Waals surface area contributed by atoms with E-state index in [0.29, 0.717) is 12.0 Å². The zero-order valence-electron chi connectivity index (χ0n) is 9.54. The van der Waals surface area contributed by atoms with Crippen molar-refractivity contribution in [1.29, 1.82) is 0 Å². The van der Waals surface area contributed by atoms with Gasteiger partial charge in [0.05, 0.1) is 5.56 Å². The van der Waals surface area contributed by atoms with E-state index in [-0.39, 0.29) is 5.56 Å². The third kappa shape index (κ3) is 2.94. The molecule has 1 aliphatic rings. The van der Waals surface area contributed by atoms with E-state index in [9.17, 15) is 18.0 Å². The molecule has 0 amide bonds. The molecule has 0 radical (unpaired) electrons. The van der Waals surface area contributed by atoms with Gasteiger partial charge in [0, 0.05) is 24.8 Å². The number of aldehydes is 1. The molecule has 0 saturated carbocycles. The Hall–Kier alpha value is -1.72. The highest BCUT2D eigenvalue weighted by molar-refractivity contribution is 5.80. The van der Waals surface area contributed by atoms with Crippen LogP contribution in [-0.2, 0) is 0 Å². The lowest BCUT2D eigenvalue weighted by Crippen LogP contribution is -2.20. The Morgan fingerprint density at radius 3 is 2.44 bits per heavy atom. The van der Waals surface area contributed by atoms with Crippen LogP contribution in [0.25, 0.3) is 0 Å². The van der Waals surface area contributed by atoms with Crippen LogP contribution in [0.2, 0.25) is 0 Å². The summed E-state index contributed by atoms with van der Waals surface area (Å²) in [5.41, 5.74) is 0.549. The number of nitrogens with zero attached hydrogens (tertiary/aromatic N) is 1. The first kappa shape index (κ1) is 12.7. The van der Waals surface area contributed by atoms with E-state index in [1.165, 1.54) is 12.1 Å². The summed E-state index contributed by atoms with van der Waals surface area (Å²) < 4.78 is 40.5. The average Bonchev–Trinajstić information content (AvgIpc) is 2.80. The molecule has 0 aliphatic carbocycles. The molecule has 1 aromatic rings. The number of ether oxygens (including phenoxy) is 1. The number of carbonyl (C=O) groups excluding carboxylic acids is 1. The number of rotatable bonds is 3. The predicted molar refractivity (Wildman–Crippen MR) is 60.0 cm³/mol. The first-order chi connectivity index (χ1) is 8.49. The first-order valence-corrected chi connectivity index (χ1v) is 5.59. The molecule has 6 heteroatoms. The van der Waals surface area contributed by atoms with Gasteiger partial charge in [-0.15, -0.1) is 13.2 Å². The molecule has 1 aliphatic heterocycles. The molecule has 0 N–H and O–H groups in total. The summed E-state index contributed by atoms with van der Waals surface area (Å²) >= 11 is 0. The highest BCUT2D eigenvalue weighted by Crippen LogP contribution is 2.31. The van der Waals surface area contributed by atoms with Crippen molar-refractivity contribution in [2.24, 2.45) is 0 Å². The molecule has 3 nitrogen and oxygen atoms in total. The maximum Gasteiger partial charge on any atom is 0.573 e. The Morgan fingerprint density at radius 1 is 1.22 bits per heavy atom. The van der Waals surface area contributed by atoms with Gasteiger partial charge in [-0.1, -0.05) is 0 Å². The zero-order chi connectivity index (χ0) is 13.2. The van der Waals surface area contributed by atoms with Gasteiger partial charge in [-0.25, -0.2) is 0 Å². The number of halogens is 3. The molecule has 0 spiro atoms. The molecular formula is C12H12F3NO2.